The van der Waals surface area contributed by atoms with E-state index in [0.29, 0.717) is 0 Å². The number of halogens is 1. The number of nitrogens with zero attached hydrogens (tertiary/aromatic N) is 1. The first kappa shape index (κ1) is 13.0. The van der Waals surface area contributed by atoms with Crippen LogP contribution in [0.25, 0.3) is 0 Å². The molecule has 1 N–H and O–H groups in total. The zero-order valence-corrected chi connectivity index (χ0v) is 11.1. The number of rotatable bonds is 5. The third-order valence-electron chi connectivity index (χ3n) is 2.43. The van der Waals surface area contributed by atoms with Gasteiger partial charge in [-0.15, -0.1) is 0 Å². The Morgan fingerprint density at radius 3 is 2.75 bits per heavy atom. The maximum atomic E-state index is 11.0. The minimum absolute atomic E-state index is 0.505. The second-order valence-corrected chi connectivity index (χ2v) is 4.60. The van der Waals surface area contributed by atoms with Gasteiger partial charge in [0.1, 0.15) is 6.04 Å². The minimum Gasteiger partial charge on any atom is -0.480 e. The first-order chi connectivity index (χ1) is 7.56. The van der Waals surface area contributed by atoms with Gasteiger partial charge in [-0.25, -0.2) is 4.79 Å². The fraction of sp³-hybridized carbons (Fsp3) is 0.417. The Morgan fingerprint density at radius 1 is 1.56 bits per heavy atom. The van der Waals surface area contributed by atoms with Crippen molar-refractivity contribution < 1.29 is 9.90 Å². The zero-order chi connectivity index (χ0) is 12.1. The monoisotopic (exact) mass is 285 g/mol. The second-order valence-electron chi connectivity index (χ2n) is 3.69. The van der Waals surface area contributed by atoms with Crippen molar-refractivity contribution in [3.8, 4) is 0 Å². The normalized spacial score (nSPS) is 12.2. The van der Waals surface area contributed by atoms with Crippen molar-refractivity contribution in [1.29, 1.82) is 0 Å². The van der Waals surface area contributed by atoms with Crippen LogP contribution in [0, 0.1) is 0 Å². The molecule has 1 aromatic carbocycles. The third kappa shape index (κ3) is 3.23. The average Bonchev–Trinajstić information content (AvgIpc) is 2.24. The lowest BCUT2D eigenvalue weighted by atomic mass is 10.2. The molecule has 0 amide bonds. The molecule has 88 valence electrons. The van der Waals surface area contributed by atoms with E-state index in [4.69, 9.17) is 5.11 Å². The van der Waals surface area contributed by atoms with Crippen LogP contribution < -0.4 is 4.90 Å². The van der Waals surface area contributed by atoms with Crippen LogP contribution in [-0.2, 0) is 4.79 Å². The molecule has 1 atom stereocenters. The molecular formula is C12H16BrNO2. The Balaban J connectivity index is 2.97. The Kier molecular flexibility index (Phi) is 4.80. The minimum atomic E-state index is -0.798. The summed E-state index contributed by atoms with van der Waals surface area (Å²) in [6, 6.07) is 7.21. The summed E-state index contributed by atoms with van der Waals surface area (Å²) in [6.45, 7) is 4.49. The fourth-order valence-corrected chi connectivity index (χ4v) is 1.96. The summed E-state index contributed by atoms with van der Waals surface area (Å²) in [7, 11) is 0. The van der Waals surface area contributed by atoms with Crippen molar-refractivity contribution >= 4 is 27.6 Å². The molecule has 4 heteroatoms. The molecule has 0 heterocycles. The van der Waals surface area contributed by atoms with Crippen molar-refractivity contribution in [2.75, 3.05) is 11.4 Å². The van der Waals surface area contributed by atoms with Crippen molar-refractivity contribution in [3.05, 3.63) is 28.7 Å². The van der Waals surface area contributed by atoms with Crippen LogP contribution in [0.15, 0.2) is 28.7 Å². The summed E-state index contributed by atoms with van der Waals surface area (Å²) in [4.78, 5) is 12.9. The first-order valence-corrected chi connectivity index (χ1v) is 6.10. The van der Waals surface area contributed by atoms with E-state index in [-0.39, 0.29) is 0 Å². The van der Waals surface area contributed by atoms with Gasteiger partial charge in [0.05, 0.1) is 0 Å². The number of anilines is 1. The number of aliphatic carboxylic acids is 1. The summed E-state index contributed by atoms with van der Waals surface area (Å²) >= 11 is 3.39. The number of benzene rings is 1. The predicted molar refractivity (Wildman–Crippen MR) is 68.9 cm³/mol. The molecule has 0 fully saturated rings. The van der Waals surface area contributed by atoms with Gasteiger partial charge in [0, 0.05) is 16.7 Å². The van der Waals surface area contributed by atoms with Gasteiger partial charge in [-0.05, 0) is 31.5 Å². The number of carboxylic acids is 1. The predicted octanol–water partition coefficient (Wildman–Crippen LogP) is 3.14. The van der Waals surface area contributed by atoms with E-state index in [0.717, 1.165) is 23.1 Å². The highest BCUT2D eigenvalue weighted by Crippen LogP contribution is 2.22. The molecule has 0 bridgehead atoms. The van der Waals surface area contributed by atoms with Gasteiger partial charge in [-0.2, -0.15) is 0 Å². The summed E-state index contributed by atoms with van der Waals surface area (Å²) in [5.74, 6) is -0.798. The second kappa shape index (κ2) is 5.89. The summed E-state index contributed by atoms with van der Waals surface area (Å²) in [5.41, 5.74) is 0.936. The van der Waals surface area contributed by atoms with Crippen LogP contribution in [0.3, 0.4) is 0 Å². The first-order valence-electron chi connectivity index (χ1n) is 5.31. The smallest absolute Gasteiger partial charge is 0.326 e. The molecule has 0 saturated heterocycles. The van der Waals surface area contributed by atoms with E-state index in [1.165, 1.54) is 0 Å². The van der Waals surface area contributed by atoms with Gasteiger partial charge >= 0.3 is 5.97 Å². The van der Waals surface area contributed by atoms with Gasteiger partial charge in [-0.3, -0.25) is 0 Å². The van der Waals surface area contributed by atoms with E-state index in [1.807, 2.05) is 36.1 Å². The topological polar surface area (TPSA) is 40.5 Å². The molecule has 0 radical (unpaired) electrons. The third-order valence-corrected chi connectivity index (χ3v) is 2.92. The highest BCUT2D eigenvalue weighted by molar-refractivity contribution is 9.10. The van der Waals surface area contributed by atoms with Crippen LogP contribution in [0.2, 0.25) is 0 Å². The molecule has 0 aliphatic carbocycles. The maximum Gasteiger partial charge on any atom is 0.326 e. The number of carbonyl (C=O) groups is 1. The van der Waals surface area contributed by atoms with Crippen LogP contribution in [0.4, 0.5) is 5.69 Å². The van der Waals surface area contributed by atoms with Crippen molar-refractivity contribution in [2.24, 2.45) is 0 Å². The molecule has 16 heavy (non-hydrogen) atoms. The summed E-state index contributed by atoms with van der Waals surface area (Å²) < 4.78 is 0.962. The van der Waals surface area contributed by atoms with Gasteiger partial charge in [-0.1, -0.05) is 28.9 Å². The average molecular weight is 286 g/mol. The molecule has 0 saturated carbocycles. The van der Waals surface area contributed by atoms with Gasteiger partial charge in [0.15, 0.2) is 0 Å². The molecule has 3 nitrogen and oxygen atoms in total. The molecule has 0 aliphatic rings. The molecule has 1 rings (SSSR count). The highest BCUT2D eigenvalue weighted by atomic mass is 79.9. The highest BCUT2D eigenvalue weighted by Gasteiger charge is 2.20. The maximum absolute atomic E-state index is 11.0. The number of hydrogen-bond acceptors (Lipinski definition) is 2. The molecular weight excluding hydrogens is 270 g/mol. The molecule has 0 aromatic heterocycles. The molecule has 0 spiro atoms. The van der Waals surface area contributed by atoms with Crippen molar-refractivity contribution in [2.45, 2.75) is 26.3 Å². The van der Waals surface area contributed by atoms with Crippen LogP contribution in [0.1, 0.15) is 20.3 Å². The Labute approximate surface area is 104 Å². The van der Waals surface area contributed by atoms with Crippen LogP contribution >= 0.6 is 15.9 Å². The Bertz CT molecular complexity index is 368. The lowest BCUT2D eigenvalue weighted by Crippen LogP contribution is -2.39. The Hall–Kier alpha value is -1.03. The van der Waals surface area contributed by atoms with E-state index in [2.05, 4.69) is 15.9 Å². The zero-order valence-electron chi connectivity index (χ0n) is 9.48. The van der Waals surface area contributed by atoms with Crippen LogP contribution in [-0.4, -0.2) is 23.7 Å². The van der Waals surface area contributed by atoms with E-state index in [9.17, 15) is 4.79 Å². The lowest BCUT2D eigenvalue weighted by molar-refractivity contribution is -0.138. The molecule has 1 aromatic rings. The Morgan fingerprint density at radius 2 is 2.25 bits per heavy atom. The van der Waals surface area contributed by atoms with E-state index >= 15 is 0 Å². The summed E-state index contributed by atoms with van der Waals surface area (Å²) in [6.07, 6.45) is 0.921. The summed E-state index contributed by atoms with van der Waals surface area (Å²) in [5, 5.41) is 9.06. The van der Waals surface area contributed by atoms with E-state index < -0.39 is 12.0 Å². The number of carboxylic acid groups (broad SMARTS) is 1. The van der Waals surface area contributed by atoms with Gasteiger partial charge < -0.3 is 10.0 Å². The SMILES string of the molecule is CCCN(c1cccc(Br)c1)[C@@H](C)C(=O)O. The van der Waals surface area contributed by atoms with E-state index in [1.54, 1.807) is 6.92 Å². The van der Waals surface area contributed by atoms with Crippen molar-refractivity contribution in [1.82, 2.24) is 0 Å². The van der Waals surface area contributed by atoms with Gasteiger partial charge in [0.2, 0.25) is 0 Å². The molecule has 0 unspecified atom stereocenters. The quantitative estimate of drug-likeness (QED) is 0.904. The van der Waals surface area contributed by atoms with Crippen LogP contribution in [0.5, 0.6) is 0 Å². The van der Waals surface area contributed by atoms with Crippen molar-refractivity contribution in [3.63, 3.8) is 0 Å². The largest absolute Gasteiger partial charge is 0.480 e. The standard InChI is InChI=1S/C12H16BrNO2/c1-3-7-14(9(2)12(15)16)11-6-4-5-10(13)8-11/h4-6,8-9H,3,7H2,1-2H3,(H,15,16)/t9-/m0/s1. The number of hydrogen-bond donors (Lipinski definition) is 1. The molecule has 0 aliphatic heterocycles. The van der Waals surface area contributed by atoms with Gasteiger partial charge in [0.25, 0.3) is 0 Å². The fourth-order valence-electron chi connectivity index (χ4n) is 1.58. The lowest BCUT2D eigenvalue weighted by Gasteiger charge is -2.28.